The molecule has 1 aromatic carbocycles. The van der Waals surface area contributed by atoms with Gasteiger partial charge in [-0.3, -0.25) is 14.8 Å². The number of likely N-dealkylation sites (N-methyl/N-ethyl adjacent to an activating group) is 1. The largest absolute Gasteiger partial charge is 0.296 e. The minimum atomic E-state index is -0.110. The van der Waals surface area contributed by atoms with Crippen molar-refractivity contribution in [1.82, 2.24) is 15.1 Å². The van der Waals surface area contributed by atoms with E-state index in [1.165, 1.54) is 16.7 Å². The second-order valence-corrected chi connectivity index (χ2v) is 6.51. The molecular formula is C14H10ClN3OS2. The maximum Gasteiger partial charge on any atom is 0.266 e. The summed E-state index contributed by atoms with van der Waals surface area (Å²) in [6.07, 6.45) is 3.43. The Morgan fingerprint density at radius 2 is 2.24 bits per heavy atom. The lowest BCUT2D eigenvalue weighted by molar-refractivity contribution is -0.121. The van der Waals surface area contributed by atoms with E-state index in [1.807, 2.05) is 18.2 Å². The topological polar surface area (TPSA) is 49.0 Å². The van der Waals surface area contributed by atoms with Crippen LogP contribution in [0.3, 0.4) is 0 Å². The highest BCUT2D eigenvalue weighted by Crippen LogP contribution is 2.39. The molecule has 7 heteroatoms. The first-order chi connectivity index (χ1) is 10.1. The van der Waals surface area contributed by atoms with Gasteiger partial charge in [-0.05, 0) is 17.7 Å². The molecule has 1 saturated heterocycles. The van der Waals surface area contributed by atoms with Gasteiger partial charge >= 0.3 is 0 Å². The molecule has 1 aromatic heterocycles. The molecule has 0 unspecified atom stereocenters. The maximum absolute atomic E-state index is 12.4. The molecule has 1 N–H and O–H groups in total. The number of carbonyl (C=O) groups is 1. The van der Waals surface area contributed by atoms with Crippen LogP contribution in [0.15, 0.2) is 41.6 Å². The minimum absolute atomic E-state index is 0.110. The van der Waals surface area contributed by atoms with Crippen molar-refractivity contribution in [2.45, 2.75) is 0 Å². The van der Waals surface area contributed by atoms with Crippen LogP contribution >= 0.6 is 35.6 Å². The quantitative estimate of drug-likeness (QED) is 0.675. The summed E-state index contributed by atoms with van der Waals surface area (Å²) >= 11 is 12.6. The van der Waals surface area contributed by atoms with Gasteiger partial charge in [-0.15, -0.1) is 0 Å². The number of thioether (sulfide) groups is 1. The Morgan fingerprint density at radius 3 is 2.81 bits per heavy atom. The van der Waals surface area contributed by atoms with Crippen LogP contribution < -0.4 is 0 Å². The predicted molar refractivity (Wildman–Crippen MR) is 89.0 cm³/mol. The number of hydrogen-bond donors (Lipinski definition) is 1. The standard InChI is InChI=1S/C14H10ClN3OS2/c1-18-13(19)12(21-14(18)20)11(9-6-16-17-7-9)8-3-2-4-10(15)5-8/h2-7H,1H3,(H,16,17)/b12-11-. The van der Waals surface area contributed by atoms with Gasteiger partial charge in [0.25, 0.3) is 5.91 Å². The third-order valence-corrected chi connectivity index (χ3v) is 4.88. The van der Waals surface area contributed by atoms with Crippen LogP contribution in [0.5, 0.6) is 0 Å². The van der Waals surface area contributed by atoms with Gasteiger partial charge in [0.1, 0.15) is 4.32 Å². The normalized spacial score (nSPS) is 17.5. The molecule has 2 aromatic rings. The van der Waals surface area contributed by atoms with E-state index in [1.54, 1.807) is 25.5 Å². The van der Waals surface area contributed by atoms with Gasteiger partial charge in [-0.1, -0.05) is 47.7 Å². The van der Waals surface area contributed by atoms with Gasteiger partial charge < -0.3 is 0 Å². The summed E-state index contributed by atoms with van der Waals surface area (Å²) in [6.45, 7) is 0. The fourth-order valence-electron chi connectivity index (χ4n) is 2.05. The van der Waals surface area contributed by atoms with Crippen LogP contribution in [0.4, 0.5) is 0 Å². The number of benzene rings is 1. The smallest absolute Gasteiger partial charge is 0.266 e. The summed E-state index contributed by atoms with van der Waals surface area (Å²) in [4.78, 5) is 14.5. The van der Waals surface area contributed by atoms with Crippen molar-refractivity contribution in [3.05, 3.63) is 57.7 Å². The minimum Gasteiger partial charge on any atom is -0.296 e. The highest BCUT2D eigenvalue weighted by Gasteiger charge is 2.32. The average Bonchev–Trinajstić information content (AvgIpc) is 3.06. The zero-order valence-electron chi connectivity index (χ0n) is 11.0. The Bertz CT molecular complexity index is 755. The van der Waals surface area contributed by atoms with Crippen LogP contribution in [-0.2, 0) is 4.79 Å². The van der Waals surface area contributed by atoms with Crippen LogP contribution in [-0.4, -0.2) is 32.4 Å². The lowest BCUT2D eigenvalue weighted by Crippen LogP contribution is -2.22. The molecule has 4 nitrogen and oxygen atoms in total. The summed E-state index contributed by atoms with van der Waals surface area (Å²) in [5.41, 5.74) is 2.47. The Morgan fingerprint density at radius 1 is 1.43 bits per heavy atom. The third-order valence-electron chi connectivity index (χ3n) is 3.09. The molecule has 0 atom stereocenters. The first kappa shape index (κ1) is 14.3. The third kappa shape index (κ3) is 2.62. The number of hydrogen-bond acceptors (Lipinski definition) is 4. The number of thiocarbonyl (C=S) groups is 1. The summed E-state index contributed by atoms with van der Waals surface area (Å²) in [5.74, 6) is -0.110. The molecule has 1 fully saturated rings. The number of halogens is 1. The van der Waals surface area contributed by atoms with Crippen molar-refractivity contribution in [1.29, 1.82) is 0 Å². The average molecular weight is 336 g/mol. The predicted octanol–water partition coefficient (Wildman–Crippen LogP) is 3.31. The van der Waals surface area contributed by atoms with Crippen LogP contribution in [0.2, 0.25) is 5.02 Å². The first-order valence-corrected chi connectivity index (χ1v) is 7.67. The first-order valence-electron chi connectivity index (χ1n) is 6.07. The number of rotatable bonds is 2. The van der Waals surface area contributed by atoms with E-state index < -0.39 is 0 Å². The van der Waals surface area contributed by atoms with Crippen LogP contribution in [0, 0.1) is 0 Å². The number of nitrogens with one attached hydrogen (secondary N) is 1. The van der Waals surface area contributed by atoms with Gasteiger partial charge in [0.2, 0.25) is 0 Å². The molecule has 0 aliphatic carbocycles. The van der Waals surface area contributed by atoms with Crippen LogP contribution in [0.25, 0.3) is 5.57 Å². The molecule has 106 valence electrons. The van der Waals surface area contributed by atoms with Gasteiger partial charge in [-0.25, -0.2) is 0 Å². The van der Waals surface area contributed by atoms with Crippen molar-refractivity contribution in [3.8, 4) is 0 Å². The van der Waals surface area contributed by atoms with E-state index in [-0.39, 0.29) is 5.91 Å². The van der Waals surface area contributed by atoms with E-state index in [0.29, 0.717) is 14.2 Å². The number of nitrogens with zero attached hydrogens (tertiary/aromatic N) is 2. The number of aromatic amines is 1. The Hall–Kier alpha value is -1.63. The van der Waals surface area contributed by atoms with Crippen molar-refractivity contribution in [3.63, 3.8) is 0 Å². The number of amides is 1. The zero-order chi connectivity index (χ0) is 15.0. The molecule has 0 saturated carbocycles. The molecule has 0 bridgehead atoms. The molecule has 1 aliphatic rings. The van der Waals surface area contributed by atoms with E-state index in [2.05, 4.69) is 10.2 Å². The van der Waals surface area contributed by atoms with Crippen molar-refractivity contribution < 1.29 is 4.79 Å². The highest BCUT2D eigenvalue weighted by atomic mass is 35.5. The Balaban J connectivity index is 2.24. The van der Waals surface area contributed by atoms with E-state index in [0.717, 1.165) is 16.7 Å². The number of aromatic nitrogens is 2. The van der Waals surface area contributed by atoms with Crippen LogP contribution in [0.1, 0.15) is 11.1 Å². The molecule has 0 spiro atoms. The highest BCUT2D eigenvalue weighted by molar-refractivity contribution is 8.26. The molecule has 1 aliphatic heterocycles. The monoisotopic (exact) mass is 335 g/mol. The lowest BCUT2D eigenvalue weighted by atomic mass is 10.00. The molecule has 21 heavy (non-hydrogen) atoms. The summed E-state index contributed by atoms with van der Waals surface area (Å²) in [7, 11) is 1.68. The van der Waals surface area contributed by atoms with Gasteiger partial charge in [0.05, 0.1) is 11.1 Å². The summed E-state index contributed by atoms with van der Waals surface area (Å²) in [6, 6.07) is 7.38. The SMILES string of the molecule is CN1C(=O)/C(=C(/c2cn[nH]c2)c2cccc(Cl)c2)SC1=S. The molecule has 2 heterocycles. The Labute approximate surface area is 136 Å². The van der Waals surface area contributed by atoms with Gasteiger partial charge in [0, 0.05) is 29.4 Å². The number of H-pyrrole nitrogens is 1. The number of carbonyl (C=O) groups excluding carboxylic acids is 1. The summed E-state index contributed by atoms with van der Waals surface area (Å²) < 4.78 is 0.540. The van der Waals surface area contributed by atoms with Crippen molar-refractivity contribution >= 4 is 51.4 Å². The fourth-order valence-corrected chi connectivity index (χ4v) is 3.53. The molecular weight excluding hydrogens is 326 g/mol. The van der Waals surface area contributed by atoms with Gasteiger partial charge in [-0.2, -0.15) is 5.10 Å². The zero-order valence-corrected chi connectivity index (χ0v) is 13.4. The Kier molecular flexibility index (Phi) is 3.84. The molecule has 1 amide bonds. The van der Waals surface area contributed by atoms with E-state index in [4.69, 9.17) is 23.8 Å². The molecule has 3 rings (SSSR count). The second-order valence-electron chi connectivity index (χ2n) is 4.43. The van der Waals surface area contributed by atoms with E-state index >= 15 is 0 Å². The fraction of sp³-hybridized carbons (Fsp3) is 0.0714. The summed E-state index contributed by atoms with van der Waals surface area (Å²) in [5, 5.41) is 7.35. The maximum atomic E-state index is 12.4. The van der Waals surface area contributed by atoms with E-state index in [9.17, 15) is 4.79 Å². The van der Waals surface area contributed by atoms with Crippen molar-refractivity contribution in [2.75, 3.05) is 7.05 Å². The van der Waals surface area contributed by atoms with Gasteiger partial charge in [0.15, 0.2) is 0 Å². The van der Waals surface area contributed by atoms with Crippen molar-refractivity contribution in [2.24, 2.45) is 0 Å². The molecule has 0 radical (unpaired) electrons. The second kappa shape index (κ2) is 5.63. The lowest BCUT2D eigenvalue weighted by Gasteiger charge is -2.09.